The minimum Gasteiger partial charge on any atom is -0.337 e. The van der Waals surface area contributed by atoms with Crippen LogP contribution in [-0.2, 0) is 11.3 Å². The van der Waals surface area contributed by atoms with Crippen molar-refractivity contribution < 1.29 is 9.32 Å². The van der Waals surface area contributed by atoms with E-state index in [-0.39, 0.29) is 18.5 Å². The Morgan fingerprint density at radius 2 is 2.26 bits per heavy atom. The molecule has 8 heteroatoms. The molecule has 3 aromatic heterocycles. The zero-order valence-electron chi connectivity index (χ0n) is 12.8. The second kappa shape index (κ2) is 6.39. The lowest BCUT2D eigenvalue weighted by atomic mass is 10.3. The van der Waals surface area contributed by atoms with Gasteiger partial charge in [0.1, 0.15) is 11.7 Å². The van der Waals surface area contributed by atoms with Crippen molar-refractivity contribution in [1.29, 1.82) is 0 Å². The normalized spacial score (nSPS) is 12.1. The highest BCUT2D eigenvalue weighted by Crippen LogP contribution is 2.14. The van der Waals surface area contributed by atoms with Crippen LogP contribution in [0.15, 0.2) is 47.6 Å². The van der Waals surface area contributed by atoms with Crippen molar-refractivity contribution in [2.75, 3.05) is 7.05 Å². The summed E-state index contributed by atoms with van der Waals surface area (Å²) in [7, 11) is 1.69. The van der Waals surface area contributed by atoms with Gasteiger partial charge in [-0.25, -0.2) is 4.98 Å². The standard InChI is InChI=1S/C15H16N6O2/c1-11(21-8-7-16-10-21)15(22)20(2)9-13-18-14(19-23-13)12-5-3-4-6-17-12/h3-8,10-11H,9H2,1-2H3/t11-/m1/s1. The first-order valence-corrected chi connectivity index (χ1v) is 7.11. The van der Waals surface area contributed by atoms with Crippen LogP contribution < -0.4 is 0 Å². The number of carbonyl (C=O) groups excluding carboxylic acids is 1. The van der Waals surface area contributed by atoms with Crippen molar-refractivity contribution in [3.05, 3.63) is 49.0 Å². The van der Waals surface area contributed by atoms with Crippen LogP contribution in [-0.4, -0.2) is 42.5 Å². The molecule has 0 bridgehead atoms. The van der Waals surface area contributed by atoms with E-state index in [1.54, 1.807) is 47.5 Å². The molecule has 0 unspecified atom stereocenters. The van der Waals surface area contributed by atoms with Gasteiger partial charge in [-0.2, -0.15) is 4.98 Å². The molecule has 0 saturated carbocycles. The molecule has 3 heterocycles. The number of rotatable bonds is 5. The molecular weight excluding hydrogens is 296 g/mol. The number of nitrogens with zero attached hydrogens (tertiary/aromatic N) is 6. The lowest BCUT2D eigenvalue weighted by Crippen LogP contribution is -2.32. The van der Waals surface area contributed by atoms with Gasteiger partial charge in [0.15, 0.2) is 0 Å². The lowest BCUT2D eigenvalue weighted by Gasteiger charge is -2.20. The molecule has 0 fully saturated rings. The summed E-state index contributed by atoms with van der Waals surface area (Å²) < 4.78 is 6.94. The molecule has 0 saturated heterocycles. The third-order valence-corrected chi connectivity index (χ3v) is 3.44. The van der Waals surface area contributed by atoms with E-state index in [4.69, 9.17) is 4.52 Å². The van der Waals surface area contributed by atoms with E-state index in [2.05, 4.69) is 20.1 Å². The summed E-state index contributed by atoms with van der Waals surface area (Å²) in [6, 6.07) is 5.11. The Morgan fingerprint density at radius 3 is 2.96 bits per heavy atom. The fourth-order valence-corrected chi connectivity index (χ4v) is 2.14. The van der Waals surface area contributed by atoms with Gasteiger partial charge in [-0.1, -0.05) is 11.2 Å². The molecule has 3 rings (SSSR count). The van der Waals surface area contributed by atoms with Gasteiger partial charge in [-0.3, -0.25) is 9.78 Å². The van der Waals surface area contributed by atoms with Gasteiger partial charge in [0.2, 0.25) is 17.6 Å². The van der Waals surface area contributed by atoms with Crippen LogP contribution in [0.2, 0.25) is 0 Å². The SMILES string of the molecule is C[C@H](C(=O)N(C)Cc1nc(-c2ccccn2)no1)n1ccnc1. The summed E-state index contributed by atoms with van der Waals surface area (Å²) >= 11 is 0. The Hall–Kier alpha value is -3.03. The first-order chi connectivity index (χ1) is 11.1. The van der Waals surface area contributed by atoms with Crippen molar-refractivity contribution in [1.82, 2.24) is 29.6 Å². The monoisotopic (exact) mass is 312 g/mol. The predicted molar refractivity (Wildman–Crippen MR) is 80.9 cm³/mol. The summed E-state index contributed by atoms with van der Waals surface area (Å²) in [5.41, 5.74) is 0.628. The van der Waals surface area contributed by atoms with E-state index >= 15 is 0 Å². The van der Waals surface area contributed by atoms with Crippen LogP contribution in [0.4, 0.5) is 0 Å². The smallest absolute Gasteiger partial charge is 0.246 e. The van der Waals surface area contributed by atoms with Crippen LogP contribution in [0.1, 0.15) is 18.9 Å². The molecule has 0 aliphatic heterocycles. The Morgan fingerprint density at radius 1 is 1.39 bits per heavy atom. The first-order valence-electron chi connectivity index (χ1n) is 7.11. The number of hydrogen-bond acceptors (Lipinski definition) is 6. The molecule has 0 spiro atoms. The van der Waals surface area contributed by atoms with Crippen LogP contribution >= 0.6 is 0 Å². The maximum Gasteiger partial charge on any atom is 0.246 e. The van der Waals surface area contributed by atoms with Gasteiger partial charge < -0.3 is 14.0 Å². The van der Waals surface area contributed by atoms with Gasteiger partial charge in [0, 0.05) is 25.6 Å². The van der Waals surface area contributed by atoms with Crippen LogP contribution in [0.5, 0.6) is 0 Å². The van der Waals surface area contributed by atoms with E-state index < -0.39 is 0 Å². The van der Waals surface area contributed by atoms with Crippen molar-refractivity contribution in [2.24, 2.45) is 0 Å². The Kier molecular flexibility index (Phi) is 4.13. The Bertz CT molecular complexity index is 768. The molecule has 8 nitrogen and oxygen atoms in total. The summed E-state index contributed by atoms with van der Waals surface area (Å²) in [4.78, 5) is 26.3. The van der Waals surface area contributed by atoms with E-state index in [1.807, 2.05) is 19.1 Å². The zero-order chi connectivity index (χ0) is 16.2. The van der Waals surface area contributed by atoms with E-state index in [0.717, 1.165) is 0 Å². The Balaban J connectivity index is 1.67. The molecule has 3 aromatic rings. The zero-order valence-corrected chi connectivity index (χ0v) is 12.8. The van der Waals surface area contributed by atoms with Crippen LogP contribution in [0.3, 0.4) is 0 Å². The molecular formula is C15H16N6O2. The third kappa shape index (κ3) is 3.25. The maximum atomic E-state index is 12.4. The second-order valence-electron chi connectivity index (χ2n) is 5.11. The molecule has 0 N–H and O–H groups in total. The first kappa shape index (κ1) is 14.9. The predicted octanol–water partition coefficient (Wildman–Crippen LogP) is 1.55. The van der Waals surface area contributed by atoms with Crippen molar-refractivity contribution >= 4 is 5.91 Å². The second-order valence-corrected chi connectivity index (χ2v) is 5.11. The fraction of sp³-hybridized carbons (Fsp3) is 0.267. The number of pyridine rings is 1. The van der Waals surface area contributed by atoms with E-state index in [9.17, 15) is 4.79 Å². The van der Waals surface area contributed by atoms with Crippen molar-refractivity contribution in [3.63, 3.8) is 0 Å². The molecule has 23 heavy (non-hydrogen) atoms. The number of amides is 1. The highest BCUT2D eigenvalue weighted by atomic mass is 16.5. The third-order valence-electron chi connectivity index (χ3n) is 3.44. The van der Waals surface area contributed by atoms with Gasteiger partial charge in [0.05, 0.1) is 12.9 Å². The van der Waals surface area contributed by atoms with Gasteiger partial charge in [-0.15, -0.1) is 0 Å². The number of aromatic nitrogens is 5. The highest BCUT2D eigenvalue weighted by molar-refractivity contribution is 5.79. The van der Waals surface area contributed by atoms with E-state index in [1.165, 1.54) is 0 Å². The van der Waals surface area contributed by atoms with Crippen LogP contribution in [0, 0.1) is 0 Å². The molecule has 1 amide bonds. The van der Waals surface area contributed by atoms with Gasteiger partial charge in [0.25, 0.3) is 0 Å². The number of imidazole rings is 1. The number of hydrogen-bond donors (Lipinski definition) is 0. The van der Waals surface area contributed by atoms with Gasteiger partial charge in [-0.05, 0) is 19.1 Å². The molecule has 0 aliphatic rings. The quantitative estimate of drug-likeness (QED) is 0.710. The topological polar surface area (TPSA) is 89.9 Å². The summed E-state index contributed by atoms with van der Waals surface area (Å²) in [5, 5.41) is 3.89. The van der Waals surface area contributed by atoms with Crippen molar-refractivity contribution in [3.8, 4) is 11.5 Å². The van der Waals surface area contributed by atoms with Crippen LogP contribution in [0.25, 0.3) is 11.5 Å². The molecule has 0 aliphatic carbocycles. The van der Waals surface area contributed by atoms with Gasteiger partial charge >= 0.3 is 0 Å². The molecule has 1 atom stereocenters. The summed E-state index contributed by atoms with van der Waals surface area (Å²) in [6.07, 6.45) is 6.67. The minimum atomic E-state index is -0.347. The lowest BCUT2D eigenvalue weighted by molar-refractivity contribution is -0.133. The highest BCUT2D eigenvalue weighted by Gasteiger charge is 2.21. The average Bonchev–Trinajstić information content (AvgIpc) is 3.26. The average molecular weight is 312 g/mol. The number of likely N-dealkylation sites (N-methyl/N-ethyl adjacent to an activating group) is 1. The van der Waals surface area contributed by atoms with E-state index in [0.29, 0.717) is 17.4 Å². The minimum absolute atomic E-state index is 0.0689. The molecule has 0 radical (unpaired) electrons. The maximum absolute atomic E-state index is 12.4. The summed E-state index contributed by atoms with van der Waals surface area (Å²) in [6.45, 7) is 2.05. The van der Waals surface area contributed by atoms with Crippen molar-refractivity contribution in [2.45, 2.75) is 19.5 Å². The number of carbonyl (C=O) groups is 1. The fourth-order valence-electron chi connectivity index (χ4n) is 2.14. The molecule has 118 valence electrons. The largest absolute Gasteiger partial charge is 0.337 e. The molecule has 0 aromatic carbocycles. The Labute approximate surface area is 132 Å². The summed E-state index contributed by atoms with van der Waals surface area (Å²) in [5.74, 6) is 0.698.